The number of fused-ring (bicyclic) bond motifs is 1. The number of imide groups is 1. The summed E-state index contributed by atoms with van der Waals surface area (Å²) >= 11 is 7.26. The molecule has 2 aliphatic rings. The number of anilines is 1. The minimum atomic E-state index is -0.958. The first-order valence-corrected chi connectivity index (χ1v) is 10.1. The van der Waals surface area contributed by atoms with Gasteiger partial charge in [0.1, 0.15) is 11.9 Å². The zero-order chi connectivity index (χ0) is 20.1. The summed E-state index contributed by atoms with van der Waals surface area (Å²) in [5.74, 6) is -0.979. The number of amides is 3. The number of halogens is 2. The van der Waals surface area contributed by atoms with Gasteiger partial charge < -0.3 is 0 Å². The number of hydrogen-bond acceptors (Lipinski definition) is 4. The van der Waals surface area contributed by atoms with Gasteiger partial charge in [0.05, 0.1) is 10.0 Å². The minimum absolute atomic E-state index is 0.389. The Bertz CT molecular complexity index is 1210. The molecular formula is C21H13ClFN3O2S. The third kappa shape index (κ3) is 3.03. The molecule has 0 saturated carbocycles. The van der Waals surface area contributed by atoms with Gasteiger partial charge in [0.15, 0.2) is 0 Å². The Labute approximate surface area is 174 Å². The maximum Gasteiger partial charge on any atom is 0.329 e. The maximum absolute atomic E-state index is 14.8. The molecule has 0 spiro atoms. The number of carbonyl (C=O) groups excluding carboxylic acids is 2. The molecule has 0 radical (unpaired) electrons. The number of benzene rings is 2. The molecular weight excluding hydrogens is 413 g/mol. The fraction of sp³-hybridized carbons (Fsp3) is 0.0952. The average molecular weight is 426 g/mol. The molecule has 3 amide bonds. The molecule has 8 heteroatoms. The van der Waals surface area contributed by atoms with Crippen LogP contribution in [0.25, 0.3) is 11.1 Å². The van der Waals surface area contributed by atoms with Gasteiger partial charge in [-0.2, -0.15) is 0 Å². The van der Waals surface area contributed by atoms with E-state index < -0.39 is 23.8 Å². The number of thiophene rings is 1. The second-order valence-corrected chi connectivity index (χ2v) is 8.32. The molecule has 1 atom stereocenters. The Morgan fingerprint density at radius 1 is 1.17 bits per heavy atom. The fourth-order valence-electron chi connectivity index (χ4n) is 3.66. The Kier molecular flexibility index (Phi) is 4.22. The van der Waals surface area contributed by atoms with E-state index in [9.17, 15) is 14.0 Å². The van der Waals surface area contributed by atoms with E-state index in [0.717, 1.165) is 17.7 Å². The van der Waals surface area contributed by atoms with Crippen molar-refractivity contribution in [3.05, 3.63) is 69.1 Å². The van der Waals surface area contributed by atoms with Crippen LogP contribution in [0.15, 0.2) is 52.8 Å². The molecule has 3 aromatic rings. The summed E-state index contributed by atoms with van der Waals surface area (Å²) in [7, 11) is 0. The number of carbonyl (C=O) groups is 2. The van der Waals surface area contributed by atoms with Crippen LogP contribution in [-0.2, 0) is 11.2 Å². The van der Waals surface area contributed by atoms with E-state index >= 15 is 0 Å². The van der Waals surface area contributed by atoms with Crippen LogP contribution in [0, 0.1) is 5.82 Å². The molecule has 1 unspecified atom stereocenters. The van der Waals surface area contributed by atoms with Crippen molar-refractivity contribution in [2.24, 2.45) is 4.99 Å². The van der Waals surface area contributed by atoms with Gasteiger partial charge in [0.25, 0.3) is 5.91 Å². The highest BCUT2D eigenvalue weighted by Gasteiger charge is 2.41. The van der Waals surface area contributed by atoms with Crippen LogP contribution in [-0.4, -0.2) is 18.2 Å². The maximum atomic E-state index is 14.8. The van der Waals surface area contributed by atoms with Crippen molar-refractivity contribution >= 4 is 52.5 Å². The van der Waals surface area contributed by atoms with Gasteiger partial charge in [0, 0.05) is 29.3 Å². The number of aliphatic imine (C=N–C) groups is 1. The van der Waals surface area contributed by atoms with E-state index in [2.05, 4.69) is 10.3 Å². The van der Waals surface area contributed by atoms with Crippen molar-refractivity contribution in [2.45, 2.75) is 12.5 Å². The van der Waals surface area contributed by atoms with Crippen LogP contribution in [0.3, 0.4) is 0 Å². The van der Waals surface area contributed by atoms with Crippen LogP contribution in [0.5, 0.6) is 0 Å². The average Bonchev–Trinajstić information content (AvgIpc) is 3.39. The van der Waals surface area contributed by atoms with Gasteiger partial charge in [-0.1, -0.05) is 29.8 Å². The number of rotatable bonds is 3. The van der Waals surface area contributed by atoms with E-state index in [0.29, 0.717) is 26.7 Å². The van der Waals surface area contributed by atoms with Crippen molar-refractivity contribution in [1.82, 2.24) is 5.32 Å². The third-order valence-electron chi connectivity index (χ3n) is 5.03. The summed E-state index contributed by atoms with van der Waals surface area (Å²) in [4.78, 5) is 30.7. The predicted octanol–water partition coefficient (Wildman–Crippen LogP) is 5.26. The summed E-state index contributed by atoms with van der Waals surface area (Å²) in [6, 6.07) is 10.2. The summed E-state index contributed by atoms with van der Waals surface area (Å²) < 4.78 is 15.4. The quantitative estimate of drug-likeness (QED) is 0.581. The van der Waals surface area contributed by atoms with Gasteiger partial charge in [-0.05, 0) is 41.0 Å². The molecule has 1 fully saturated rings. The van der Waals surface area contributed by atoms with E-state index in [1.807, 2.05) is 6.07 Å². The molecule has 5 rings (SSSR count). The van der Waals surface area contributed by atoms with E-state index in [-0.39, 0.29) is 0 Å². The lowest BCUT2D eigenvalue weighted by atomic mass is 10.00. The fourth-order valence-corrected chi connectivity index (χ4v) is 4.54. The lowest BCUT2D eigenvalue weighted by Crippen LogP contribution is -2.29. The van der Waals surface area contributed by atoms with Crippen LogP contribution < -0.4 is 10.2 Å². The lowest BCUT2D eigenvalue weighted by molar-refractivity contribution is -0.119. The van der Waals surface area contributed by atoms with Gasteiger partial charge in [-0.15, -0.1) is 11.3 Å². The number of urea groups is 1. The summed E-state index contributed by atoms with van der Waals surface area (Å²) in [6.45, 7) is 0. The standard InChI is InChI=1S/C21H13ClFN3O2S/c22-18-8-13(10-29-18)15-4-2-12(7-16(15)23)19-20(27)25-21(28)26(19)14-3-1-11-5-6-24-17(11)9-14/h1-4,6-10,19H,5H2,(H,25,27,28). The highest BCUT2D eigenvalue weighted by atomic mass is 35.5. The zero-order valence-electron chi connectivity index (χ0n) is 14.9. The van der Waals surface area contributed by atoms with Crippen molar-refractivity contribution in [1.29, 1.82) is 0 Å². The summed E-state index contributed by atoms with van der Waals surface area (Å²) in [5.41, 5.74) is 3.81. The second kappa shape index (κ2) is 6.79. The first-order chi connectivity index (χ1) is 14.0. The normalized spacial score (nSPS) is 17.7. The summed E-state index contributed by atoms with van der Waals surface area (Å²) in [6.07, 6.45) is 2.54. The molecule has 2 aromatic carbocycles. The molecule has 0 aliphatic carbocycles. The Balaban J connectivity index is 1.55. The Morgan fingerprint density at radius 2 is 2.03 bits per heavy atom. The van der Waals surface area contributed by atoms with Crippen LogP contribution >= 0.6 is 22.9 Å². The van der Waals surface area contributed by atoms with E-state index in [4.69, 9.17) is 11.6 Å². The smallest absolute Gasteiger partial charge is 0.277 e. The van der Waals surface area contributed by atoms with Crippen LogP contribution in [0.4, 0.5) is 20.6 Å². The second-order valence-electron chi connectivity index (χ2n) is 6.77. The van der Waals surface area contributed by atoms with Crippen LogP contribution in [0.1, 0.15) is 17.2 Å². The third-order valence-corrected chi connectivity index (χ3v) is 6.12. The van der Waals surface area contributed by atoms with E-state index in [1.54, 1.807) is 41.9 Å². The number of nitrogens with zero attached hydrogens (tertiary/aromatic N) is 2. The molecule has 3 heterocycles. The molecule has 5 nitrogen and oxygen atoms in total. The van der Waals surface area contributed by atoms with Crippen LogP contribution in [0.2, 0.25) is 4.34 Å². The van der Waals surface area contributed by atoms with E-state index in [1.165, 1.54) is 22.3 Å². The largest absolute Gasteiger partial charge is 0.329 e. The first kappa shape index (κ1) is 18.0. The molecule has 29 heavy (non-hydrogen) atoms. The molecule has 2 aliphatic heterocycles. The predicted molar refractivity (Wildman–Crippen MR) is 112 cm³/mol. The Morgan fingerprint density at radius 3 is 2.79 bits per heavy atom. The molecule has 1 aromatic heterocycles. The SMILES string of the molecule is O=C1NC(=O)N(c2ccc3c(c2)N=CC3)C1c1ccc(-c2csc(Cl)c2)c(F)c1. The van der Waals surface area contributed by atoms with Gasteiger partial charge in [0.2, 0.25) is 0 Å². The molecule has 0 bridgehead atoms. The van der Waals surface area contributed by atoms with Gasteiger partial charge in [-0.25, -0.2) is 9.18 Å². The van der Waals surface area contributed by atoms with Gasteiger partial charge >= 0.3 is 6.03 Å². The Hall–Kier alpha value is -3.03. The molecule has 1 saturated heterocycles. The first-order valence-electron chi connectivity index (χ1n) is 8.84. The molecule has 1 N–H and O–H groups in total. The lowest BCUT2D eigenvalue weighted by Gasteiger charge is -2.23. The zero-order valence-corrected chi connectivity index (χ0v) is 16.4. The van der Waals surface area contributed by atoms with Crippen molar-refractivity contribution in [3.8, 4) is 11.1 Å². The van der Waals surface area contributed by atoms with Crippen molar-refractivity contribution < 1.29 is 14.0 Å². The van der Waals surface area contributed by atoms with Crippen molar-refractivity contribution in [2.75, 3.05) is 4.90 Å². The molecule has 144 valence electrons. The highest BCUT2D eigenvalue weighted by Crippen LogP contribution is 2.37. The monoisotopic (exact) mass is 425 g/mol. The highest BCUT2D eigenvalue weighted by molar-refractivity contribution is 7.14. The van der Waals surface area contributed by atoms with Crippen molar-refractivity contribution in [3.63, 3.8) is 0 Å². The topological polar surface area (TPSA) is 61.8 Å². The number of nitrogens with one attached hydrogen (secondary N) is 1. The summed E-state index contributed by atoms with van der Waals surface area (Å²) in [5, 5.41) is 4.09. The number of hydrogen-bond donors (Lipinski definition) is 1. The minimum Gasteiger partial charge on any atom is -0.277 e. The van der Waals surface area contributed by atoms with Gasteiger partial charge in [-0.3, -0.25) is 20.0 Å².